The van der Waals surface area contributed by atoms with Crippen LogP contribution in [0.5, 0.6) is 5.75 Å². The first-order valence-corrected chi connectivity index (χ1v) is 12.6. The van der Waals surface area contributed by atoms with E-state index in [1.165, 1.54) is 56.9 Å². The summed E-state index contributed by atoms with van der Waals surface area (Å²) in [5.41, 5.74) is 1.28. The van der Waals surface area contributed by atoms with E-state index in [-0.39, 0.29) is 0 Å². The third kappa shape index (κ3) is 5.37. The molecule has 1 nitrogen and oxygen atoms in total. The maximum absolute atomic E-state index is 14.9. The lowest BCUT2D eigenvalue weighted by Gasteiger charge is -2.38. The summed E-state index contributed by atoms with van der Waals surface area (Å²) >= 11 is 0. The zero-order valence-electron chi connectivity index (χ0n) is 18.9. The Morgan fingerprint density at radius 3 is 1.67 bits per heavy atom. The van der Waals surface area contributed by atoms with Gasteiger partial charge in [-0.2, -0.15) is 8.78 Å². The van der Waals surface area contributed by atoms with E-state index < -0.39 is 12.0 Å². The summed E-state index contributed by atoms with van der Waals surface area (Å²) < 4.78 is 35.0. The third-order valence-electron chi connectivity index (χ3n) is 8.60. The van der Waals surface area contributed by atoms with E-state index in [1.54, 1.807) is 12.1 Å². The Labute approximate surface area is 182 Å². The Bertz CT molecular complexity index is 646. The second-order valence-electron chi connectivity index (χ2n) is 10.8. The molecule has 4 rings (SSSR count). The lowest BCUT2D eigenvalue weighted by molar-refractivity contribution is -0.224. The molecule has 3 saturated carbocycles. The molecule has 0 unspecified atom stereocenters. The standard InChI is InChI=1S/C27H40F2O/c1-19-3-7-21(8-4-19)23-11-15-25(16-12-23)27(28,29)30-26-17-13-24(14-18-26)22-9-5-20(2)6-10-22/h13-14,17-23,25H,3-12,15-16H2,1-2H3. The van der Waals surface area contributed by atoms with Crippen molar-refractivity contribution in [3.63, 3.8) is 0 Å². The van der Waals surface area contributed by atoms with Gasteiger partial charge in [0.05, 0.1) is 5.92 Å². The van der Waals surface area contributed by atoms with Crippen molar-refractivity contribution in [2.45, 2.75) is 103 Å². The number of alkyl halides is 2. The van der Waals surface area contributed by atoms with Crippen LogP contribution in [0.25, 0.3) is 0 Å². The molecular weight excluding hydrogens is 378 g/mol. The highest BCUT2D eigenvalue weighted by Gasteiger charge is 2.45. The number of halogens is 2. The molecule has 0 spiro atoms. The second-order valence-corrected chi connectivity index (χ2v) is 10.8. The molecule has 1 aromatic rings. The topological polar surface area (TPSA) is 9.23 Å². The van der Waals surface area contributed by atoms with Crippen LogP contribution in [0.15, 0.2) is 24.3 Å². The highest BCUT2D eigenvalue weighted by atomic mass is 19.3. The molecule has 0 aromatic heterocycles. The Kier molecular flexibility index (Phi) is 7.05. The minimum absolute atomic E-state index is 0.316. The van der Waals surface area contributed by atoms with Gasteiger partial charge in [-0.3, -0.25) is 0 Å². The monoisotopic (exact) mass is 418 g/mol. The average molecular weight is 419 g/mol. The molecule has 0 N–H and O–H groups in total. The molecule has 0 atom stereocenters. The fraction of sp³-hybridized carbons (Fsp3) is 0.778. The maximum Gasteiger partial charge on any atom is 0.400 e. The smallest absolute Gasteiger partial charge is 0.400 e. The second kappa shape index (κ2) is 9.57. The highest BCUT2D eigenvalue weighted by molar-refractivity contribution is 5.30. The van der Waals surface area contributed by atoms with E-state index in [0.717, 1.165) is 30.6 Å². The lowest BCUT2D eigenvalue weighted by atomic mass is 9.69. The average Bonchev–Trinajstić information content (AvgIpc) is 2.75. The van der Waals surface area contributed by atoms with Crippen molar-refractivity contribution in [1.82, 2.24) is 0 Å². The Morgan fingerprint density at radius 1 is 0.667 bits per heavy atom. The molecule has 0 radical (unpaired) electrons. The van der Waals surface area contributed by atoms with Crippen LogP contribution in [0.4, 0.5) is 8.78 Å². The van der Waals surface area contributed by atoms with E-state index in [4.69, 9.17) is 4.74 Å². The molecule has 0 aliphatic heterocycles. The molecule has 168 valence electrons. The van der Waals surface area contributed by atoms with Gasteiger partial charge >= 0.3 is 6.11 Å². The van der Waals surface area contributed by atoms with Gasteiger partial charge in [-0.15, -0.1) is 0 Å². The van der Waals surface area contributed by atoms with Crippen LogP contribution >= 0.6 is 0 Å². The van der Waals surface area contributed by atoms with Crippen molar-refractivity contribution in [3.8, 4) is 5.75 Å². The molecule has 3 aliphatic rings. The minimum atomic E-state index is -3.06. The summed E-state index contributed by atoms with van der Waals surface area (Å²) in [5.74, 6) is 3.35. The molecule has 0 heterocycles. The summed E-state index contributed by atoms with van der Waals surface area (Å²) in [4.78, 5) is 0. The van der Waals surface area contributed by atoms with Gasteiger partial charge in [-0.25, -0.2) is 0 Å². The van der Waals surface area contributed by atoms with Crippen molar-refractivity contribution >= 4 is 0 Å². The summed E-state index contributed by atoms with van der Waals surface area (Å²) in [6, 6.07) is 7.53. The number of hydrogen-bond donors (Lipinski definition) is 0. The van der Waals surface area contributed by atoms with Crippen LogP contribution in [0.3, 0.4) is 0 Å². The van der Waals surface area contributed by atoms with Gasteiger partial charge in [0.1, 0.15) is 5.75 Å². The van der Waals surface area contributed by atoms with Crippen LogP contribution in [-0.2, 0) is 0 Å². The zero-order chi connectivity index (χ0) is 21.1. The van der Waals surface area contributed by atoms with Gasteiger partial charge in [0.2, 0.25) is 0 Å². The van der Waals surface area contributed by atoms with Gasteiger partial charge in [-0.05, 0) is 98.7 Å². The largest absolute Gasteiger partial charge is 0.432 e. The minimum Gasteiger partial charge on any atom is -0.432 e. The number of benzene rings is 1. The molecule has 0 amide bonds. The number of rotatable bonds is 5. The van der Waals surface area contributed by atoms with E-state index in [2.05, 4.69) is 13.8 Å². The first-order chi connectivity index (χ1) is 14.4. The van der Waals surface area contributed by atoms with Gasteiger partial charge in [0.25, 0.3) is 0 Å². The van der Waals surface area contributed by atoms with Crippen LogP contribution < -0.4 is 4.74 Å². The van der Waals surface area contributed by atoms with Crippen molar-refractivity contribution in [2.75, 3.05) is 0 Å². The Hall–Kier alpha value is -1.12. The van der Waals surface area contributed by atoms with Crippen molar-refractivity contribution < 1.29 is 13.5 Å². The van der Waals surface area contributed by atoms with Crippen molar-refractivity contribution in [2.24, 2.45) is 29.6 Å². The summed E-state index contributed by atoms with van der Waals surface area (Å²) in [6.45, 7) is 4.66. The first-order valence-electron chi connectivity index (χ1n) is 12.6. The summed E-state index contributed by atoms with van der Waals surface area (Å²) in [6.07, 6.45) is 10.2. The van der Waals surface area contributed by atoms with Gasteiger partial charge in [-0.1, -0.05) is 51.7 Å². The van der Waals surface area contributed by atoms with Crippen molar-refractivity contribution in [3.05, 3.63) is 29.8 Å². The van der Waals surface area contributed by atoms with Crippen LogP contribution in [0.2, 0.25) is 0 Å². The predicted octanol–water partition coefficient (Wildman–Crippen LogP) is 8.58. The van der Waals surface area contributed by atoms with Gasteiger partial charge in [0, 0.05) is 0 Å². The molecule has 1 aromatic carbocycles. The number of hydrogen-bond acceptors (Lipinski definition) is 1. The Balaban J connectivity index is 1.28. The zero-order valence-corrected chi connectivity index (χ0v) is 18.9. The summed E-state index contributed by atoms with van der Waals surface area (Å²) in [5, 5.41) is 0. The molecule has 3 aliphatic carbocycles. The first kappa shape index (κ1) is 22.1. The van der Waals surface area contributed by atoms with E-state index in [9.17, 15) is 8.78 Å². The van der Waals surface area contributed by atoms with E-state index in [0.29, 0.717) is 30.4 Å². The highest BCUT2D eigenvalue weighted by Crippen LogP contribution is 2.45. The SMILES string of the molecule is CC1CCC(c2ccc(OC(F)(F)C3CCC(C4CCC(C)CC4)CC3)cc2)CC1. The maximum atomic E-state index is 14.9. The number of ether oxygens (including phenoxy) is 1. The van der Waals surface area contributed by atoms with Crippen LogP contribution in [0, 0.1) is 29.6 Å². The van der Waals surface area contributed by atoms with Gasteiger partial charge < -0.3 is 4.74 Å². The molecule has 0 bridgehead atoms. The van der Waals surface area contributed by atoms with Crippen LogP contribution in [0.1, 0.15) is 102 Å². The quantitative estimate of drug-likeness (QED) is 0.465. The fourth-order valence-corrected chi connectivity index (χ4v) is 6.33. The predicted molar refractivity (Wildman–Crippen MR) is 119 cm³/mol. The fourth-order valence-electron chi connectivity index (χ4n) is 6.33. The van der Waals surface area contributed by atoms with E-state index in [1.807, 2.05) is 12.1 Å². The van der Waals surface area contributed by atoms with Crippen LogP contribution in [-0.4, -0.2) is 6.11 Å². The molecule has 0 saturated heterocycles. The lowest BCUT2D eigenvalue weighted by Crippen LogP contribution is -2.38. The summed E-state index contributed by atoms with van der Waals surface area (Å²) in [7, 11) is 0. The molecule has 30 heavy (non-hydrogen) atoms. The third-order valence-corrected chi connectivity index (χ3v) is 8.60. The molecular formula is C27H40F2O. The van der Waals surface area contributed by atoms with Crippen molar-refractivity contribution in [1.29, 1.82) is 0 Å². The van der Waals surface area contributed by atoms with Gasteiger partial charge in [0.15, 0.2) is 0 Å². The normalized spacial score (nSPS) is 35.7. The molecule has 3 fully saturated rings. The molecule has 3 heteroatoms. The van der Waals surface area contributed by atoms with E-state index >= 15 is 0 Å². The Morgan fingerprint density at radius 2 is 1.13 bits per heavy atom.